The zero-order valence-electron chi connectivity index (χ0n) is 12.4. The molecule has 22 heavy (non-hydrogen) atoms. The number of carbonyl (C=O) groups excluding carboxylic acids is 1. The van der Waals surface area contributed by atoms with Crippen molar-refractivity contribution in [2.75, 3.05) is 18.4 Å². The third-order valence-electron chi connectivity index (χ3n) is 3.19. The van der Waals surface area contributed by atoms with Crippen molar-refractivity contribution in [2.24, 2.45) is 0 Å². The second-order valence-corrected chi connectivity index (χ2v) is 5.85. The minimum atomic E-state index is -0.971. The first-order valence-electron chi connectivity index (χ1n) is 6.87. The number of amides is 1. The minimum absolute atomic E-state index is 0.191. The largest absolute Gasteiger partial charge is 0.384 e. The average Bonchev–Trinajstić information content (AvgIpc) is 3.06. The number of pyridine rings is 1. The lowest BCUT2D eigenvalue weighted by atomic mass is 9.99. The molecule has 0 aliphatic carbocycles. The molecule has 0 bridgehead atoms. The van der Waals surface area contributed by atoms with Crippen molar-refractivity contribution in [1.29, 1.82) is 0 Å². The van der Waals surface area contributed by atoms with Crippen LogP contribution in [0.5, 0.6) is 0 Å². The molecule has 6 heteroatoms. The Morgan fingerprint density at radius 3 is 2.91 bits per heavy atom. The number of hydrogen-bond donors (Lipinski definition) is 3. The van der Waals surface area contributed by atoms with Gasteiger partial charge in [-0.3, -0.25) is 4.79 Å². The molecule has 2 heterocycles. The second-order valence-electron chi connectivity index (χ2n) is 5.07. The molecule has 0 saturated carbocycles. The van der Waals surface area contributed by atoms with Gasteiger partial charge >= 0.3 is 0 Å². The molecular weight excluding hydrogens is 298 g/mol. The van der Waals surface area contributed by atoms with Crippen LogP contribution < -0.4 is 10.6 Å². The summed E-state index contributed by atoms with van der Waals surface area (Å²) in [6.45, 7) is 6.05. The summed E-state index contributed by atoms with van der Waals surface area (Å²) < 4.78 is 0. The van der Waals surface area contributed by atoms with E-state index in [9.17, 15) is 9.90 Å². The Labute approximate surface area is 133 Å². The molecule has 2 aromatic heterocycles. The standard InChI is InChI=1S/C16H19N3O2S/c1-3-7-17-15(20)12-4-5-14(18-9-12)19-11-16(2,21)13-6-8-22-10-13/h3-6,8-10,21H,1,7,11H2,2H3,(H,17,20)(H,18,19)/t16-/m1/s1. The second kappa shape index (κ2) is 7.20. The molecule has 0 fully saturated rings. The van der Waals surface area contributed by atoms with E-state index in [1.54, 1.807) is 36.5 Å². The highest BCUT2D eigenvalue weighted by atomic mass is 32.1. The Morgan fingerprint density at radius 1 is 1.50 bits per heavy atom. The predicted molar refractivity (Wildman–Crippen MR) is 89.1 cm³/mol. The summed E-state index contributed by atoms with van der Waals surface area (Å²) in [4.78, 5) is 15.9. The number of rotatable bonds is 7. The molecule has 3 N–H and O–H groups in total. The smallest absolute Gasteiger partial charge is 0.253 e. The Hall–Kier alpha value is -2.18. The number of aromatic nitrogens is 1. The zero-order valence-corrected chi connectivity index (χ0v) is 13.2. The van der Waals surface area contributed by atoms with Crippen LogP contribution in [0.4, 0.5) is 5.82 Å². The normalized spacial score (nSPS) is 13.2. The van der Waals surface area contributed by atoms with E-state index < -0.39 is 5.60 Å². The van der Waals surface area contributed by atoms with Crippen molar-refractivity contribution >= 4 is 23.1 Å². The predicted octanol–water partition coefficient (Wildman–Crippen LogP) is 2.38. The lowest BCUT2D eigenvalue weighted by Crippen LogP contribution is -2.30. The van der Waals surface area contributed by atoms with E-state index in [-0.39, 0.29) is 5.91 Å². The maximum absolute atomic E-state index is 11.7. The SMILES string of the molecule is C=CCNC(=O)c1ccc(NC[C@@](C)(O)c2ccsc2)nc1. The summed E-state index contributed by atoms with van der Waals surface area (Å²) in [5.41, 5.74) is 0.379. The molecular formula is C16H19N3O2S. The summed E-state index contributed by atoms with van der Waals surface area (Å²) in [6.07, 6.45) is 3.12. The van der Waals surface area contributed by atoms with E-state index >= 15 is 0 Å². The first kappa shape index (κ1) is 16.2. The van der Waals surface area contributed by atoms with Crippen LogP contribution >= 0.6 is 11.3 Å². The van der Waals surface area contributed by atoms with Gasteiger partial charge in [0.25, 0.3) is 5.91 Å². The van der Waals surface area contributed by atoms with Crippen LogP contribution in [0.3, 0.4) is 0 Å². The lowest BCUT2D eigenvalue weighted by Gasteiger charge is -2.23. The first-order valence-corrected chi connectivity index (χ1v) is 7.81. The number of nitrogens with zero attached hydrogens (tertiary/aromatic N) is 1. The number of nitrogens with one attached hydrogen (secondary N) is 2. The van der Waals surface area contributed by atoms with Crippen molar-refractivity contribution in [3.63, 3.8) is 0 Å². The number of aliphatic hydroxyl groups is 1. The fraction of sp³-hybridized carbons (Fsp3) is 0.250. The van der Waals surface area contributed by atoms with Crippen LogP contribution in [0.25, 0.3) is 0 Å². The molecule has 0 radical (unpaired) electrons. The van der Waals surface area contributed by atoms with Crippen molar-refractivity contribution in [2.45, 2.75) is 12.5 Å². The van der Waals surface area contributed by atoms with Crippen LogP contribution in [0, 0.1) is 0 Å². The molecule has 0 aromatic carbocycles. The van der Waals surface area contributed by atoms with Crippen LogP contribution in [0.2, 0.25) is 0 Å². The molecule has 1 atom stereocenters. The lowest BCUT2D eigenvalue weighted by molar-refractivity contribution is 0.0719. The van der Waals surface area contributed by atoms with Crippen molar-refractivity contribution in [3.05, 3.63) is 58.9 Å². The fourth-order valence-electron chi connectivity index (χ4n) is 1.84. The van der Waals surface area contributed by atoms with Crippen LogP contribution in [0.1, 0.15) is 22.8 Å². The Kier molecular flexibility index (Phi) is 5.30. The van der Waals surface area contributed by atoms with Gasteiger partial charge in [-0.25, -0.2) is 4.98 Å². The number of thiophene rings is 1. The molecule has 2 rings (SSSR count). The average molecular weight is 317 g/mol. The highest BCUT2D eigenvalue weighted by Crippen LogP contribution is 2.23. The first-order chi connectivity index (χ1) is 10.5. The summed E-state index contributed by atoms with van der Waals surface area (Å²) >= 11 is 1.54. The number of anilines is 1. The summed E-state index contributed by atoms with van der Waals surface area (Å²) in [7, 11) is 0. The molecule has 0 spiro atoms. The van der Waals surface area contributed by atoms with Gasteiger partial charge in [-0.15, -0.1) is 6.58 Å². The third-order valence-corrected chi connectivity index (χ3v) is 3.87. The van der Waals surface area contributed by atoms with Crippen LogP contribution in [-0.2, 0) is 5.60 Å². The van der Waals surface area contributed by atoms with E-state index in [1.807, 2.05) is 16.8 Å². The van der Waals surface area contributed by atoms with E-state index in [1.165, 1.54) is 6.20 Å². The molecule has 2 aromatic rings. The van der Waals surface area contributed by atoms with E-state index in [2.05, 4.69) is 22.2 Å². The summed E-state index contributed by atoms with van der Waals surface area (Å²) in [5, 5.41) is 20.0. The zero-order chi connectivity index (χ0) is 16.0. The number of hydrogen-bond acceptors (Lipinski definition) is 5. The van der Waals surface area contributed by atoms with Crippen LogP contribution in [-0.4, -0.2) is 29.1 Å². The van der Waals surface area contributed by atoms with Crippen LogP contribution in [0.15, 0.2) is 47.8 Å². The van der Waals surface area contributed by atoms with Gasteiger partial charge in [0.05, 0.1) is 5.56 Å². The summed E-state index contributed by atoms with van der Waals surface area (Å²) in [6, 6.07) is 5.30. The Bertz CT molecular complexity index is 621. The maximum Gasteiger partial charge on any atom is 0.253 e. The monoisotopic (exact) mass is 317 g/mol. The van der Waals surface area contributed by atoms with Crippen molar-refractivity contribution < 1.29 is 9.90 Å². The third kappa shape index (κ3) is 4.16. The molecule has 5 nitrogen and oxygen atoms in total. The van der Waals surface area contributed by atoms with Gasteiger partial charge in [0.15, 0.2) is 0 Å². The van der Waals surface area contributed by atoms with E-state index in [0.29, 0.717) is 24.5 Å². The molecule has 0 aliphatic rings. The Morgan fingerprint density at radius 2 is 2.32 bits per heavy atom. The highest BCUT2D eigenvalue weighted by molar-refractivity contribution is 7.08. The van der Waals surface area contributed by atoms with Crippen molar-refractivity contribution in [3.8, 4) is 0 Å². The van der Waals surface area contributed by atoms with Gasteiger partial charge in [-0.1, -0.05) is 6.08 Å². The highest BCUT2D eigenvalue weighted by Gasteiger charge is 2.23. The van der Waals surface area contributed by atoms with Gasteiger partial charge in [0, 0.05) is 19.3 Å². The molecule has 0 aliphatic heterocycles. The molecule has 0 unspecified atom stereocenters. The van der Waals surface area contributed by atoms with E-state index in [0.717, 1.165) is 5.56 Å². The summed E-state index contributed by atoms with van der Waals surface area (Å²) in [5.74, 6) is 0.417. The minimum Gasteiger partial charge on any atom is -0.384 e. The maximum atomic E-state index is 11.7. The van der Waals surface area contributed by atoms with E-state index in [4.69, 9.17) is 0 Å². The Balaban J connectivity index is 1.94. The topological polar surface area (TPSA) is 74.2 Å². The van der Waals surface area contributed by atoms with Gasteiger partial charge in [0.2, 0.25) is 0 Å². The molecule has 0 saturated heterocycles. The van der Waals surface area contributed by atoms with Gasteiger partial charge in [-0.2, -0.15) is 11.3 Å². The quantitative estimate of drug-likeness (QED) is 0.686. The van der Waals surface area contributed by atoms with Gasteiger partial charge in [0.1, 0.15) is 11.4 Å². The van der Waals surface area contributed by atoms with Crippen molar-refractivity contribution in [1.82, 2.24) is 10.3 Å². The molecule has 1 amide bonds. The van der Waals surface area contributed by atoms with Gasteiger partial charge < -0.3 is 15.7 Å². The van der Waals surface area contributed by atoms with Gasteiger partial charge in [-0.05, 0) is 41.4 Å². The fourth-order valence-corrected chi connectivity index (χ4v) is 2.62. The molecule has 116 valence electrons. The number of carbonyl (C=O) groups is 1.